The summed E-state index contributed by atoms with van der Waals surface area (Å²) >= 11 is 3.27. The number of hydrogen-bond donors (Lipinski definition) is 2. The maximum absolute atomic E-state index is 11.8. The summed E-state index contributed by atoms with van der Waals surface area (Å²) < 4.78 is 0.858. The first kappa shape index (κ1) is 10.7. The minimum Gasteiger partial charge on any atom is -0.386 e. The van der Waals surface area contributed by atoms with Crippen molar-refractivity contribution in [1.82, 2.24) is 9.88 Å². The number of aromatic amines is 1. The van der Waals surface area contributed by atoms with E-state index in [1.807, 2.05) is 6.92 Å². The molecule has 1 amide bonds. The molecule has 1 aliphatic rings. The van der Waals surface area contributed by atoms with Crippen LogP contribution in [0.25, 0.3) is 0 Å². The van der Waals surface area contributed by atoms with Crippen LogP contribution in [0.15, 0.2) is 16.7 Å². The first-order valence-corrected chi connectivity index (χ1v) is 5.69. The van der Waals surface area contributed by atoms with Crippen molar-refractivity contribution in [2.45, 2.75) is 18.9 Å². The van der Waals surface area contributed by atoms with Crippen LogP contribution in [-0.4, -0.2) is 39.6 Å². The zero-order valence-corrected chi connectivity index (χ0v) is 10.0. The highest BCUT2D eigenvalue weighted by Crippen LogP contribution is 2.25. The fourth-order valence-corrected chi connectivity index (χ4v) is 2.04. The third-order valence-corrected chi connectivity index (χ3v) is 3.25. The van der Waals surface area contributed by atoms with Crippen molar-refractivity contribution in [2.24, 2.45) is 0 Å². The Morgan fingerprint density at radius 1 is 1.73 bits per heavy atom. The first-order chi connectivity index (χ1) is 7.04. The second-order valence-corrected chi connectivity index (χ2v) is 4.89. The van der Waals surface area contributed by atoms with Gasteiger partial charge in [0.15, 0.2) is 0 Å². The number of hydrogen-bond acceptors (Lipinski definition) is 2. The Morgan fingerprint density at radius 3 is 2.87 bits per heavy atom. The van der Waals surface area contributed by atoms with Crippen molar-refractivity contribution >= 4 is 21.8 Å². The molecule has 0 saturated carbocycles. The molecule has 0 aliphatic carbocycles. The van der Waals surface area contributed by atoms with Crippen LogP contribution < -0.4 is 0 Å². The Hall–Kier alpha value is -0.810. The lowest BCUT2D eigenvalue weighted by atomic mass is 9.91. The number of β-amino-alcohol motifs (C(OH)–C–C–N with tert-alkyl or cyclic N) is 1. The molecule has 1 aliphatic heterocycles. The number of aliphatic hydroxyl groups is 1. The molecule has 1 fully saturated rings. The van der Waals surface area contributed by atoms with E-state index in [-0.39, 0.29) is 5.91 Å². The summed E-state index contributed by atoms with van der Waals surface area (Å²) in [6, 6.07) is 1.74. The lowest BCUT2D eigenvalue weighted by molar-refractivity contribution is -0.0828. The maximum Gasteiger partial charge on any atom is 0.270 e. The Morgan fingerprint density at radius 2 is 2.40 bits per heavy atom. The van der Waals surface area contributed by atoms with Crippen LogP contribution in [-0.2, 0) is 0 Å². The highest BCUT2D eigenvalue weighted by atomic mass is 79.9. The number of nitrogens with one attached hydrogen (secondary N) is 1. The maximum atomic E-state index is 11.8. The summed E-state index contributed by atoms with van der Waals surface area (Å²) in [5, 5.41) is 9.78. The van der Waals surface area contributed by atoms with Crippen LogP contribution >= 0.6 is 15.9 Å². The van der Waals surface area contributed by atoms with Gasteiger partial charge < -0.3 is 15.0 Å². The molecule has 15 heavy (non-hydrogen) atoms. The van der Waals surface area contributed by atoms with Gasteiger partial charge in [0, 0.05) is 10.7 Å². The molecule has 2 heterocycles. The van der Waals surface area contributed by atoms with Gasteiger partial charge in [-0.25, -0.2) is 0 Å². The number of carbonyl (C=O) groups excluding carboxylic acids is 1. The highest BCUT2D eigenvalue weighted by molar-refractivity contribution is 9.10. The third kappa shape index (κ3) is 1.94. The average molecular weight is 273 g/mol. The largest absolute Gasteiger partial charge is 0.386 e. The van der Waals surface area contributed by atoms with Gasteiger partial charge in [0.25, 0.3) is 5.91 Å². The molecule has 0 unspecified atom stereocenters. The standard InChI is InChI=1S/C10H13BrN2O2/c1-2-10(15)5-13(6-10)9(14)8-3-7(11)4-12-8/h3-4,12,15H,2,5-6H2,1H3. The van der Waals surface area contributed by atoms with Crippen LogP contribution in [0.3, 0.4) is 0 Å². The van der Waals surface area contributed by atoms with Gasteiger partial charge in [-0.1, -0.05) is 6.92 Å². The van der Waals surface area contributed by atoms with Gasteiger partial charge in [0.05, 0.1) is 18.7 Å². The molecule has 0 aromatic carbocycles. The molecule has 0 bridgehead atoms. The van der Waals surface area contributed by atoms with E-state index in [0.29, 0.717) is 25.2 Å². The van der Waals surface area contributed by atoms with Gasteiger partial charge in [0.2, 0.25) is 0 Å². The number of aromatic nitrogens is 1. The smallest absolute Gasteiger partial charge is 0.270 e. The number of rotatable bonds is 2. The summed E-state index contributed by atoms with van der Waals surface area (Å²) in [5.41, 5.74) is -0.112. The molecule has 1 aromatic rings. The third-order valence-electron chi connectivity index (χ3n) is 2.79. The van der Waals surface area contributed by atoms with E-state index in [2.05, 4.69) is 20.9 Å². The summed E-state index contributed by atoms with van der Waals surface area (Å²) in [5.74, 6) is -0.0566. The van der Waals surface area contributed by atoms with Crippen molar-refractivity contribution in [2.75, 3.05) is 13.1 Å². The highest BCUT2D eigenvalue weighted by Gasteiger charge is 2.42. The molecule has 0 radical (unpaired) electrons. The Balaban J connectivity index is 2.00. The number of amides is 1. The van der Waals surface area contributed by atoms with Crippen LogP contribution in [0.4, 0.5) is 0 Å². The monoisotopic (exact) mass is 272 g/mol. The fraction of sp³-hybridized carbons (Fsp3) is 0.500. The number of H-pyrrole nitrogens is 1. The van der Waals surface area contributed by atoms with E-state index < -0.39 is 5.60 Å². The zero-order valence-electron chi connectivity index (χ0n) is 8.46. The Labute approximate surface area is 96.4 Å². The molecule has 2 N–H and O–H groups in total. The number of likely N-dealkylation sites (tertiary alicyclic amines) is 1. The molecule has 2 rings (SSSR count). The van der Waals surface area contributed by atoms with Crippen molar-refractivity contribution < 1.29 is 9.90 Å². The van der Waals surface area contributed by atoms with Gasteiger partial charge in [-0.2, -0.15) is 0 Å². The quantitative estimate of drug-likeness (QED) is 0.855. The first-order valence-electron chi connectivity index (χ1n) is 4.90. The van der Waals surface area contributed by atoms with E-state index in [1.54, 1.807) is 17.2 Å². The lowest BCUT2D eigenvalue weighted by Crippen LogP contribution is -2.63. The van der Waals surface area contributed by atoms with Gasteiger partial charge in [-0.05, 0) is 28.4 Å². The predicted octanol–water partition coefficient (Wildman–Crippen LogP) is 1.37. The van der Waals surface area contributed by atoms with Gasteiger partial charge in [-0.3, -0.25) is 4.79 Å². The summed E-state index contributed by atoms with van der Waals surface area (Å²) in [4.78, 5) is 16.3. The van der Waals surface area contributed by atoms with E-state index >= 15 is 0 Å². The number of halogens is 1. The Bertz CT molecular complexity index is 383. The van der Waals surface area contributed by atoms with E-state index in [9.17, 15) is 9.90 Å². The van der Waals surface area contributed by atoms with Crippen molar-refractivity contribution in [1.29, 1.82) is 0 Å². The van der Waals surface area contributed by atoms with Crippen molar-refractivity contribution in [3.63, 3.8) is 0 Å². The van der Waals surface area contributed by atoms with Crippen LogP contribution in [0.1, 0.15) is 23.8 Å². The van der Waals surface area contributed by atoms with E-state index in [4.69, 9.17) is 0 Å². The number of nitrogens with zero attached hydrogens (tertiary/aromatic N) is 1. The molecular formula is C10H13BrN2O2. The van der Waals surface area contributed by atoms with Gasteiger partial charge in [0.1, 0.15) is 5.69 Å². The van der Waals surface area contributed by atoms with Gasteiger partial charge >= 0.3 is 0 Å². The topological polar surface area (TPSA) is 56.3 Å². The lowest BCUT2D eigenvalue weighted by Gasteiger charge is -2.45. The molecule has 5 heteroatoms. The van der Waals surface area contributed by atoms with Crippen LogP contribution in [0.5, 0.6) is 0 Å². The Kier molecular flexibility index (Phi) is 2.60. The molecule has 82 valence electrons. The second kappa shape index (κ2) is 3.64. The van der Waals surface area contributed by atoms with E-state index in [0.717, 1.165) is 4.47 Å². The zero-order chi connectivity index (χ0) is 11.1. The summed E-state index contributed by atoms with van der Waals surface area (Å²) in [7, 11) is 0. The van der Waals surface area contributed by atoms with Crippen molar-refractivity contribution in [3.8, 4) is 0 Å². The summed E-state index contributed by atoms with van der Waals surface area (Å²) in [6.07, 6.45) is 2.41. The second-order valence-electron chi connectivity index (χ2n) is 3.97. The SMILES string of the molecule is CCC1(O)CN(C(=O)c2cc(Br)c[nH]2)C1. The molecular weight excluding hydrogens is 260 g/mol. The normalized spacial score (nSPS) is 18.7. The molecule has 4 nitrogen and oxygen atoms in total. The van der Waals surface area contributed by atoms with Crippen LogP contribution in [0, 0.1) is 0 Å². The van der Waals surface area contributed by atoms with E-state index in [1.165, 1.54) is 0 Å². The average Bonchev–Trinajstić information content (AvgIpc) is 2.59. The number of carbonyl (C=O) groups is 1. The molecule has 0 spiro atoms. The minimum absolute atomic E-state index is 0.0566. The molecule has 0 atom stereocenters. The van der Waals surface area contributed by atoms with Crippen molar-refractivity contribution in [3.05, 3.63) is 22.4 Å². The molecule has 1 saturated heterocycles. The predicted molar refractivity (Wildman–Crippen MR) is 59.6 cm³/mol. The fourth-order valence-electron chi connectivity index (χ4n) is 1.69. The minimum atomic E-state index is -0.667. The van der Waals surface area contributed by atoms with Crippen LogP contribution in [0.2, 0.25) is 0 Å². The van der Waals surface area contributed by atoms with Gasteiger partial charge in [-0.15, -0.1) is 0 Å². The molecule has 1 aromatic heterocycles. The summed E-state index contributed by atoms with van der Waals surface area (Å²) in [6.45, 7) is 2.78.